The van der Waals surface area contributed by atoms with Crippen molar-refractivity contribution in [3.8, 4) is 0 Å². The largest absolute Gasteiger partial charge is 0.298 e. The maximum atomic E-state index is 12.4. The Morgan fingerprint density at radius 2 is 1.62 bits per heavy atom. The minimum Gasteiger partial charge on any atom is -0.268 e. The van der Waals surface area contributed by atoms with Crippen LogP contribution in [0.5, 0.6) is 0 Å². The fraction of sp³-hybridized carbons (Fsp3) is 0. The molecule has 0 aliphatic carbocycles. The third kappa shape index (κ3) is 2.94. The highest BCUT2D eigenvalue weighted by atomic mass is 79.9. The van der Waals surface area contributed by atoms with Gasteiger partial charge in [0.05, 0.1) is 10.6 Å². The lowest BCUT2D eigenvalue weighted by Gasteiger charge is -2.11. The highest BCUT2D eigenvalue weighted by Crippen LogP contribution is 2.35. The van der Waals surface area contributed by atoms with Crippen LogP contribution in [0.3, 0.4) is 0 Å². The van der Waals surface area contributed by atoms with E-state index in [9.17, 15) is 9.59 Å². The lowest BCUT2D eigenvalue weighted by Crippen LogP contribution is -2.27. The van der Waals surface area contributed by atoms with E-state index in [1.54, 1.807) is 30.3 Å². The van der Waals surface area contributed by atoms with E-state index in [2.05, 4.69) is 15.9 Å². The highest BCUT2D eigenvalue weighted by molar-refractivity contribution is 9.10. The average Bonchev–Trinajstić information content (AvgIpc) is 2.77. The van der Waals surface area contributed by atoms with E-state index in [4.69, 9.17) is 0 Å². The monoisotopic (exact) mass is 359 g/mol. The fourth-order valence-corrected chi connectivity index (χ4v) is 3.08. The minimum atomic E-state index is -0.279. The Labute approximate surface area is 134 Å². The number of carbonyl (C=O) groups excluding carboxylic acids is 2. The number of para-hydroxylation sites is 1. The van der Waals surface area contributed by atoms with Gasteiger partial charge >= 0.3 is 0 Å². The van der Waals surface area contributed by atoms with E-state index in [0.717, 1.165) is 21.8 Å². The number of thioether (sulfide) groups is 1. The van der Waals surface area contributed by atoms with Gasteiger partial charge in [-0.2, -0.15) is 0 Å². The van der Waals surface area contributed by atoms with Crippen LogP contribution in [0.1, 0.15) is 5.56 Å². The summed E-state index contributed by atoms with van der Waals surface area (Å²) in [6.45, 7) is 0. The van der Waals surface area contributed by atoms with Crippen molar-refractivity contribution in [3.05, 3.63) is 69.5 Å². The molecule has 3 rings (SSSR count). The van der Waals surface area contributed by atoms with Crippen LogP contribution in [0.2, 0.25) is 0 Å². The molecule has 0 aromatic heterocycles. The number of imide groups is 1. The van der Waals surface area contributed by atoms with Crippen LogP contribution in [0, 0.1) is 0 Å². The Hall–Kier alpha value is -1.85. The van der Waals surface area contributed by atoms with Gasteiger partial charge in [0.2, 0.25) is 0 Å². The average molecular weight is 360 g/mol. The summed E-state index contributed by atoms with van der Waals surface area (Å²) in [5, 5.41) is -0.269. The van der Waals surface area contributed by atoms with Crippen LogP contribution in [0.4, 0.5) is 10.5 Å². The Balaban J connectivity index is 1.92. The van der Waals surface area contributed by atoms with Gasteiger partial charge in [-0.05, 0) is 47.7 Å². The molecule has 2 aromatic carbocycles. The van der Waals surface area contributed by atoms with E-state index in [-0.39, 0.29) is 11.1 Å². The summed E-state index contributed by atoms with van der Waals surface area (Å²) in [6, 6.07) is 16.5. The van der Waals surface area contributed by atoms with Crippen LogP contribution in [0.25, 0.3) is 6.08 Å². The molecule has 104 valence electrons. The Morgan fingerprint density at radius 3 is 2.29 bits per heavy atom. The predicted octanol–water partition coefficient (Wildman–Crippen LogP) is 4.69. The van der Waals surface area contributed by atoms with Crippen LogP contribution >= 0.6 is 27.7 Å². The van der Waals surface area contributed by atoms with Crippen molar-refractivity contribution in [1.29, 1.82) is 0 Å². The normalized spacial score (nSPS) is 16.8. The summed E-state index contributed by atoms with van der Waals surface area (Å²) in [5.41, 5.74) is 1.48. The van der Waals surface area contributed by atoms with Gasteiger partial charge in [-0.15, -0.1) is 0 Å². The molecule has 2 aromatic rings. The Morgan fingerprint density at radius 1 is 0.952 bits per heavy atom. The molecule has 1 aliphatic heterocycles. The number of hydrogen-bond acceptors (Lipinski definition) is 3. The van der Waals surface area contributed by atoms with Crippen LogP contribution < -0.4 is 4.90 Å². The van der Waals surface area contributed by atoms with Crippen molar-refractivity contribution >= 4 is 50.6 Å². The second kappa shape index (κ2) is 5.87. The Bertz CT molecular complexity index is 726. The van der Waals surface area contributed by atoms with Crippen LogP contribution in [0.15, 0.2) is 64.0 Å². The molecule has 1 fully saturated rings. The number of nitrogens with zero attached hydrogens (tertiary/aromatic N) is 1. The van der Waals surface area contributed by atoms with E-state index < -0.39 is 0 Å². The summed E-state index contributed by atoms with van der Waals surface area (Å²) in [7, 11) is 0. The van der Waals surface area contributed by atoms with Crippen molar-refractivity contribution in [1.82, 2.24) is 0 Å². The molecule has 2 amide bonds. The lowest BCUT2D eigenvalue weighted by molar-refractivity contribution is -0.113. The SMILES string of the molecule is O=C1SC(=Cc2ccc(Br)cc2)C(=O)N1c1ccccc1. The predicted molar refractivity (Wildman–Crippen MR) is 89.0 cm³/mol. The standard InChI is InChI=1S/C16H10BrNO2S/c17-12-8-6-11(7-9-12)10-14-15(19)18(16(20)21-14)13-4-2-1-3-5-13/h1-10H. The molecule has 0 spiro atoms. The number of benzene rings is 2. The maximum Gasteiger partial charge on any atom is 0.298 e. The van der Waals surface area contributed by atoms with E-state index in [1.165, 1.54) is 4.90 Å². The van der Waals surface area contributed by atoms with E-state index >= 15 is 0 Å². The lowest BCUT2D eigenvalue weighted by atomic mass is 10.2. The molecule has 1 aliphatic rings. The minimum absolute atomic E-state index is 0.269. The summed E-state index contributed by atoms with van der Waals surface area (Å²) in [4.78, 5) is 26.1. The fourth-order valence-electron chi connectivity index (χ4n) is 1.98. The molecule has 0 unspecified atom stereocenters. The van der Waals surface area contributed by atoms with Crippen molar-refractivity contribution in [3.63, 3.8) is 0 Å². The van der Waals surface area contributed by atoms with Crippen molar-refractivity contribution < 1.29 is 9.59 Å². The zero-order chi connectivity index (χ0) is 14.8. The number of halogens is 1. The van der Waals surface area contributed by atoms with Gasteiger partial charge in [-0.1, -0.05) is 46.3 Å². The number of rotatable bonds is 2. The second-order valence-electron chi connectivity index (χ2n) is 4.40. The summed E-state index contributed by atoms with van der Waals surface area (Å²) >= 11 is 4.33. The van der Waals surface area contributed by atoms with Gasteiger partial charge in [-0.25, -0.2) is 4.90 Å². The molecule has 0 saturated carbocycles. The highest BCUT2D eigenvalue weighted by Gasteiger charge is 2.36. The Kier molecular flexibility index (Phi) is 3.94. The molecule has 21 heavy (non-hydrogen) atoms. The number of hydrogen-bond donors (Lipinski definition) is 0. The first-order valence-electron chi connectivity index (χ1n) is 6.24. The van der Waals surface area contributed by atoms with Crippen molar-refractivity contribution in [2.24, 2.45) is 0 Å². The molecule has 0 bridgehead atoms. The third-order valence-electron chi connectivity index (χ3n) is 2.98. The second-order valence-corrected chi connectivity index (χ2v) is 6.31. The molecule has 5 heteroatoms. The zero-order valence-electron chi connectivity index (χ0n) is 10.8. The molecule has 0 N–H and O–H groups in total. The zero-order valence-corrected chi connectivity index (χ0v) is 13.2. The van der Waals surface area contributed by atoms with E-state index in [0.29, 0.717) is 10.6 Å². The number of carbonyl (C=O) groups is 2. The first-order valence-corrected chi connectivity index (χ1v) is 7.85. The number of anilines is 1. The third-order valence-corrected chi connectivity index (χ3v) is 4.37. The smallest absolute Gasteiger partial charge is 0.268 e. The van der Waals surface area contributed by atoms with Crippen molar-refractivity contribution in [2.45, 2.75) is 0 Å². The van der Waals surface area contributed by atoms with Crippen molar-refractivity contribution in [2.75, 3.05) is 4.90 Å². The van der Waals surface area contributed by atoms with Crippen LogP contribution in [-0.2, 0) is 4.79 Å². The van der Waals surface area contributed by atoms with Crippen LogP contribution in [-0.4, -0.2) is 11.1 Å². The van der Waals surface area contributed by atoms with E-state index in [1.807, 2.05) is 30.3 Å². The first-order chi connectivity index (χ1) is 10.1. The number of amides is 2. The molecule has 1 heterocycles. The first kappa shape index (κ1) is 14.1. The summed E-state index contributed by atoms with van der Waals surface area (Å²) < 4.78 is 0.969. The summed E-state index contributed by atoms with van der Waals surface area (Å²) in [5.74, 6) is -0.279. The molecule has 0 radical (unpaired) electrons. The van der Waals surface area contributed by atoms with Gasteiger partial charge in [0, 0.05) is 4.47 Å². The van der Waals surface area contributed by atoms with Gasteiger partial charge < -0.3 is 0 Å². The van der Waals surface area contributed by atoms with Gasteiger partial charge in [0.1, 0.15) is 0 Å². The maximum absolute atomic E-state index is 12.4. The topological polar surface area (TPSA) is 37.4 Å². The molecule has 3 nitrogen and oxygen atoms in total. The quantitative estimate of drug-likeness (QED) is 0.729. The van der Waals surface area contributed by atoms with Gasteiger partial charge in [0.15, 0.2) is 0 Å². The molecule has 1 saturated heterocycles. The van der Waals surface area contributed by atoms with Gasteiger partial charge in [-0.3, -0.25) is 9.59 Å². The van der Waals surface area contributed by atoms with Gasteiger partial charge in [0.25, 0.3) is 11.1 Å². The molecule has 0 atom stereocenters. The summed E-state index contributed by atoms with van der Waals surface area (Å²) in [6.07, 6.45) is 1.74. The molecular formula is C16H10BrNO2S. The molecular weight excluding hydrogens is 350 g/mol.